The normalized spacial score (nSPS) is 49.2. The lowest BCUT2D eigenvalue weighted by molar-refractivity contribution is -0.317. The van der Waals surface area contributed by atoms with Crippen molar-refractivity contribution in [1.82, 2.24) is 5.32 Å². The van der Waals surface area contributed by atoms with E-state index in [1.54, 1.807) is 33.3 Å². The monoisotopic (exact) mass is 900 g/mol. The summed E-state index contributed by atoms with van der Waals surface area (Å²) in [6.45, 7) is 18.5. The Morgan fingerprint density at radius 2 is 1.70 bits per heavy atom. The van der Waals surface area contributed by atoms with Crippen LogP contribution in [0, 0.1) is 23.7 Å². The molecule has 0 saturated carbocycles. The maximum Gasteiger partial charge on any atom is 0.316 e. The average Bonchev–Trinajstić information content (AvgIpc) is 3.61. The second-order valence-electron chi connectivity index (χ2n) is 19.9. The van der Waals surface area contributed by atoms with Gasteiger partial charge in [-0.2, -0.15) is 0 Å². The molecule has 14 nitrogen and oxygen atoms in total. The quantitative estimate of drug-likeness (QED) is 0.183. The van der Waals surface area contributed by atoms with Crippen molar-refractivity contribution in [1.29, 1.82) is 0 Å². The van der Waals surface area contributed by atoms with Gasteiger partial charge in [0, 0.05) is 51.7 Å². The van der Waals surface area contributed by atoms with E-state index in [1.807, 2.05) is 39.1 Å². The number of nitrogens with one attached hydrogen (secondary N) is 1. The highest BCUT2D eigenvalue weighted by Gasteiger charge is 2.60. The van der Waals surface area contributed by atoms with Crippen molar-refractivity contribution < 1.29 is 62.4 Å². The highest BCUT2D eigenvalue weighted by Crippen LogP contribution is 2.47. The summed E-state index contributed by atoms with van der Waals surface area (Å²) in [7, 11) is 5.32. The lowest BCUT2D eigenvalue weighted by Crippen LogP contribution is -2.65. The Morgan fingerprint density at radius 3 is 2.41 bits per heavy atom. The van der Waals surface area contributed by atoms with Gasteiger partial charge in [-0.1, -0.05) is 70.6 Å². The fraction of sp³-hybridized carbons (Fsp3) is 0.780. The highest BCUT2D eigenvalue weighted by atomic mass is 16.7. The number of carbonyl (C=O) groups excluding carboxylic acids is 1. The number of hydrogen-bond donors (Lipinski definition) is 3. The van der Waals surface area contributed by atoms with Gasteiger partial charge in [-0.25, -0.2) is 0 Å². The number of carbonyl (C=O) groups is 1. The van der Waals surface area contributed by atoms with Gasteiger partial charge in [0.05, 0.1) is 54.9 Å². The van der Waals surface area contributed by atoms with Crippen LogP contribution >= 0.6 is 0 Å². The minimum atomic E-state index is -1.83. The number of fused-ring (bicyclic) bond motifs is 2. The predicted molar refractivity (Wildman–Crippen MR) is 239 cm³/mol. The molecule has 2 bridgehead atoms. The van der Waals surface area contributed by atoms with E-state index in [0.717, 1.165) is 12.0 Å². The number of hydrogen-bond acceptors (Lipinski definition) is 14. The first-order chi connectivity index (χ1) is 30.4. The molecule has 4 saturated heterocycles. The van der Waals surface area contributed by atoms with Crippen molar-refractivity contribution in [2.75, 3.05) is 27.9 Å². The van der Waals surface area contributed by atoms with Crippen LogP contribution in [0.2, 0.25) is 0 Å². The smallest absolute Gasteiger partial charge is 0.316 e. The molecule has 20 atom stereocenters. The minimum Gasteiger partial charge on any atom is -0.462 e. The van der Waals surface area contributed by atoms with Gasteiger partial charge in [0.2, 0.25) is 0 Å². The molecule has 0 aromatic heterocycles. The first-order valence-electron chi connectivity index (χ1n) is 23.8. The Balaban J connectivity index is 1.17. The molecule has 6 heterocycles. The van der Waals surface area contributed by atoms with Gasteiger partial charge >= 0.3 is 5.97 Å². The minimum absolute atomic E-state index is 0.0399. The van der Waals surface area contributed by atoms with Crippen molar-refractivity contribution in [3.8, 4) is 0 Å². The third kappa shape index (κ3) is 9.69. The Kier molecular flexibility index (Phi) is 15.6. The molecule has 7 aliphatic rings. The first-order valence-corrected chi connectivity index (χ1v) is 23.8. The fourth-order valence-electron chi connectivity index (χ4n) is 11.1. The summed E-state index contributed by atoms with van der Waals surface area (Å²) in [6.07, 6.45) is 10.5. The molecule has 1 aliphatic carbocycles. The summed E-state index contributed by atoms with van der Waals surface area (Å²) >= 11 is 0. The van der Waals surface area contributed by atoms with Crippen LogP contribution in [-0.2, 0) is 52.2 Å². The molecule has 360 valence electrons. The third-order valence-electron chi connectivity index (χ3n) is 15.6. The van der Waals surface area contributed by atoms with Gasteiger partial charge in [0.25, 0.3) is 0 Å². The van der Waals surface area contributed by atoms with Crippen LogP contribution in [0.15, 0.2) is 59.3 Å². The van der Waals surface area contributed by atoms with Crippen LogP contribution in [0.5, 0.6) is 0 Å². The highest BCUT2D eigenvalue weighted by molar-refractivity contribution is 5.78. The SMILES string of the molecule is CCC(C)[C@H]1O[C@]2(C=C[C@@H]1C)C[C@@H]1C[C@@H](C/C=C(\C)[C@@H](OC3C[C@H](OC)[C@@H](OC4C[C@H](OC)[C@@](C)(NC)[C@H](C)O4)[C@H](C)O3)C(C)/C=C/C=C3\CO[C@@H]4[C@H](O)C(C)=C[C@@H](C(=O)O1)[C@]34O)O2. The van der Waals surface area contributed by atoms with E-state index in [4.69, 9.17) is 47.4 Å². The van der Waals surface area contributed by atoms with E-state index >= 15 is 0 Å². The Bertz CT molecular complexity index is 1800. The topological polar surface area (TPSA) is 162 Å². The van der Waals surface area contributed by atoms with Crippen molar-refractivity contribution in [3.05, 3.63) is 59.3 Å². The molecule has 6 aliphatic heterocycles. The number of ether oxygens (including phenoxy) is 10. The summed E-state index contributed by atoms with van der Waals surface area (Å²) in [5, 5.41) is 27.2. The average molecular weight is 900 g/mol. The van der Waals surface area contributed by atoms with Gasteiger partial charge < -0.3 is 62.9 Å². The summed E-state index contributed by atoms with van der Waals surface area (Å²) in [5.41, 5.74) is -0.201. The molecule has 0 aromatic carbocycles. The number of aliphatic hydroxyl groups excluding tert-OH is 1. The summed E-state index contributed by atoms with van der Waals surface area (Å²) in [6, 6.07) is 0. The van der Waals surface area contributed by atoms with Crippen LogP contribution in [-0.4, -0.2) is 141 Å². The van der Waals surface area contributed by atoms with Gasteiger partial charge in [-0.15, -0.1) is 0 Å². The molecule has 4 fully saturated rings. The van der Waals surface area contributed by atoms with Crippen molar-refractivity contribution in [2.45, 2.75) is 197 Å². The van der Waals surface area contributed by atoms with Crippen LogP contribution in [0.3, 0.4) is 0 Å². The van der Waals surface area contributed by atoms with Gasteiger partial charge in [-0.3, -0.25) is 4.79 Å². The zero-order valence-electron chi connectivity index (χ0n) is 40.2. The number of aliphatic hydroxyl groups is 2. The fourth-order valence-corrected chi connectivity index (χ4v) is 11.1. The summed E-state index contributed by atoms with van der Waals surface area (Å²) in [5.74, 6) is -2.52. The molecule has 0 amide bonds. The lowest BCUT2D eigenvalue weighted by atomic mass is 9.71. The molecular formula is C50H77NO13. The van der Waals surface area contributed by atoms with E-state index < -0.39 is 72.5 Å². The molecule has 1 spiro atoms. The number of rotatable bonds is 9. The maximum atomic E-state index is 14.4. The molecule has 3 N–H and O–H groups in total. The number of esters is 1. The van der Waals surface area contributed by atoms with E-state index in [9.17, 15) is 15.0 Å². The number of allylic oxidation sites excluding steroid dienone is 2. The molecule has 64 heavy (non-hydrogen) atoms. The maximum absolute atomic E-state index is 14.4. The summed E-state index contributed by atoms with van der Waals surface area (Å²) in [4.78, 5) is 14.4. The molecule has 4 unspecified atom stereocenters. The number of methoxy groups -OCH3 is 2. The molecule has 7 rings (SSSR count). The largest absolute Gasteiger partial charge is 0.462 e. The second-order valence-corrected chi connectivity index (χ2v) is 19.9. The van der Waals surface area contributed by atoms with Crippen molar-refractivity contribution in [3.63, 3.8) is 0 Å². The zero-order valence-corrected chi connectivity index (χ0v) is 40.2. The van der Waals surface area contributed by atoms with Crippen LogP contribution in [0.25, 0.3) is 0 Å². The van der Waals surface area contributed by atoms with Gasteiger partial charge in [0.15, 0.2) is 18.4 Å². The predicted octanol–water partition coefficient (Wildman–Crippen LogP) is 5.99. The molecule has 14 heteroatoms. The first kappa shape index (κ1) is 49.6. The molecule has 0 radical (unpaired) electrons. The Labute approximate surface area is 381 Å². The second kappa shape index (κ2) is 20.1. The number of likely N-dealkylation sites (N-methyl/N-ethyl adjacent to an activating group) is 1. The van der Waals surface area contributed by atoms with Crippen molar-refractivity contribution >= 4 is 5.97 Å². The lowest BCUT2D eigenvalue weighted by Gasteiger charge is -2.49. The standard InChI is InChI=1S/C50H77NO13/c1-13-27(2)44-30(5)19-20-49(64-44)25-36-22-35(63-49)18-17-29(4)43(28(3)15-14-16-34-26-57-46-42(52)31(6)21-37(47(53)60-36)50(34,46)54)61-40-23-38(55-11)45(32(7)58-40)62-41-24-39(56-12)48(9,51-10)33(8)59-41/h14-17,19-21,27-28,30,32-33,35-46,51-52,54H,13,18,22-26H2,1-12H3/b15-14+,29-17+,34-16+/t27?,28?,30-,32-,33-,35+,36-,37-,38-,39-,40?,41?,42+,43-,44+,45-,46+,48-,49+,50+/m0/s1. The summed E-state index contributed by atoms with van der Waals surface area (Å²) < 4.78 is 64.9. The van der Waals surface area contributed by atoms with Crippen LogP contribution in [0.4, 0.5) is 0 Å². The van der Waals surface area contributed by atoms with Crippen LogP contribution in [0.1, 0.15) is 101 Å². The van der Waals surface area contributed by atoms with E-state index in [2.05, 4.69) is 59.0 Å². The van der Waals surface area contributed by atoms with Crippen molar-refractivity contribution in [2.24, 2.45) is 23.7 Å². The van der Waals surface area contributed by atoms with E-state index in [1.165, 1.54) is 0 Å². The van der Waals surface area contributed by atoms with Gasteiger partial charge in [0.1, 0.15) is 35.9 Å². The molecule has 0 aromatic rings. The third-order valence-corrected chi connectivity index (χ3v) is 15.6. The van der Waals surface area contributed by atoms with Crippen LogP contribution < -0.4 is 5.32 Å². The Hall–Kier alpha value is -2.31. The van der Waals surface area contributed by atoms with E-state index in [-0.39, 0.29) is 60.4 Å². The van der Waals surface area contributed by atoms with Gasteiger partial charge in [-0.05, 0) is 76.8 Å². The van der Waals surface area contributed by atoms with E-state index in [0.29, 0.717) is 43.3 Å². The zero-order chi connectivity index (χ0) is 46.3. The molecular weight excluding hydrogens is 823 g/mol. The Morgan fingerprint density at radius 1 is 0.953 bits per heavy atom.